The highest BCUT2D eigenvalue weighted by atomic mass is 35.5. The van der Waals surface area contributed by atoms with E-state index in [1.165, 1.54) is 130 Å². The number of ether oxygens (including phenoxy) is 7. The Hall–Kier alpha value is -15.1. The van der Waals surface area contributed by atoms with Gasteiger partial charge in [0, 0.05) is 187 Å². The van der Waals surface area contributed by atoms with Gasteiger partial charge in [-0.05, 0) is 152 Å². The number of aliphatic imine (C=N–C) groups is 1. The normalized spacial score (nSPS) is 15.1. The monoisotopic (exact) mass is 1980 g/mol. The summed E-state index contributed by atoms with van der Waals surface area (Å²) in [6.07, 6.45) is 34.0. The number of fused-ring (bicyclic) bond motifs is 2. The van der Waals surface area contributed by atoms with E-state index in [2.05, 4.69) is 95.8 Å². The molecule has 3 aliphatic carbocycles. The van der Waals surface area contributed by atoms with Crippen LogP contribution in [0, 0.1) is 18.8 Å². The Bertz CT molecular complexity index is 5570. The largest absolute Gasteiger partial charge is 0.466 e. The van der Waals surface area contributed by atoms with Crippen molar-refractivity contribution in [1.82, 2.24) is 77.1 Å². The lowest BCUT2D eigenvalue weighted by Crippen LogP contribution is -2.49. The first-order chi connectivity index (χ1) is 68.1. The number of hydrogen-bond acceptors (Lipinski definition) is 29. The van der Waals surface area contributed by atoms with E-state index in [0.29, 0.717) is 94.6 Å². The van der Waals surface area contributed by atoms with Gasteiger partial charge in [0.05, 0.1) is 78.0 Å². The topological polar surface area (TPSA) is 517 Å². The Balaban J connectivity index is 0.000000254. The predicted octanol–water partition coefficient (Wildman–Crippen LogP) is 8.37. The standard InChI is InChI=1S/C16H15ClN2O4.C16H24N2O4.C15H16N2O3.C15H20N2O3.C14H19N3O3.C13H20N2O4.C12H15N3O3/c1-10-14(16(21)18-9-5-8-13(20)22-2)15(19-23-10)11-6-3-4-7-12(11)17;1-22-15(20)7-4-10-17-16(21)12-8-9-14(19)18(11-12)13-5-2-3-6-13;1-10-8-12-9-11(5-6-13(12)17-10)15(19)16-7-3-4-14(18)20-2;1-17(2)11-12-6-4-7-13(10-12)15(19)16-9-5-8-14(18)20-3;1-17-13(10-6-3-4-7-11(10)16-17)14(19)15-9-5-8-12(18)20-2;1-10(16)15-8-4-5-11(9-15)13(18)14-7-3-6-12(17)19-2;1-18-11(16)3-2-6-13-12(17)10-7-9(14-15-10)8-4-5-8/h3-8H,9H2,1-2H3,(H,18,21);4,7,12-13H,2-3,5-6,8-11H2,1H3,(H,17,21);3-6,9H,7-8H2,1-2H3,(H,16,19);4-8,10H,9,11H2,1-3H3,(H,16,19);5,8H,3-4,6-7,9H2,1-2H3,(H,15,19);3,6,11H,4-5,7-9H2,1-2H3,(H,14,18);2-3,7-8H,4-6H2,1H3,(H,13,17)(H,14,15)/b8-5+;7-4+;4-3+;2*8-5+;6-3+;3-2+. The number of nitrogens with one attached hydrogen (secondary N) is 8. The number of hydrogen-bond donors (Lipinski definition) is 8. The summed E-state index contributed by atoms with van der Waals surface area (Å²) in [5.74, 6) is -3.59. The second-order valence-corrected chi connectivity index (χ2v) is 33.3. The fraction of sp³-hybridized carbons (Fsp3) is 0.426. The molecular formula is C101H129ClN16O24. The van der Waals surface area contributed by atoms with E-state index in [9.17, 15) is 76.7 Å². The third-order valence-electron chi connectivity index (χ3n) is 22.1. The molecule has 6 aliphatic rings. The lowest BCUT2D eigenvalue weighted by atomic mass is 9.95. The summed E-state index contributed by atoms with van der Waals surface area (Å²) in [6, 6.07) is 22.1. The molecule has 142 heavy (non-hydrogen) atoms. The number of likely N-dealkylation sites (tertiary alicyclic amines) is 2. The molecule has 9 amide bonds. The summed E-state index contributed by atoms with van der Waals surface area (Å²) in [5.41, 5.74) is 10.8. The van der Waals surface area contributed by atoms with Crippen LogP contribution in [0.15, 0.2) is 167 Å². The van der Waals surface area contributed by atoms with Crippen molar-refractivity contribution in [2.75, 3.05) is 129 Å². The highest BCUT2D eigenvalue weighted by Crippen LogP contribution is 2.39. The van der Waals surface area contributed by atoms with E-state index in [1.807, 2.05) is 61.2 Å². The number of aromatic nitrogens is 5. The van der Waals surface area contributed by atoms with Crippen LogP contribution in [-0.4, -0.2) is 276 Å². The van der Waals surface area contributed by atoms with Crippen LogP contribution in [0.1, 0.15) is 183 Å². The van der Waals surface area contributed by atoms with Gasteiger partial charge in [-0.2, -0.15) is 10.2 Å². The van der Waals surface area contributed by atoms with Gasteiger partial charge >= 0.3 is 41.8 Å². The Morgan fingerprint density at radius 2 is 0.993 bits per heavy atom. The number of halogens is 1. The molecule has 3 aromatic heterocycles. The van der Waals surface area contributed by atoms with Crippen molar-refractivity contribution >= 4 is 118 Å². The molecule has 3 aromatic carbocycles. The van der Waals surface area contributed by atoms with Crippen molar-refractivity contribution in [3.05, 3.63) is 225 Å². The van der Waals surface area contributed by atoms with Crippen LogP contribution in [0.2, 0.25) is 5.02 Å². The molecule has 764 valence electrons. The van der Waals surface area contributed by atoms with Gasteiger partial charge in [0.15, 0.2) is 0 Å². The van der Waals surface area contributed by atoms with Crippen LogP contribution in [0.25, 0.3) is 11.3 Å². The van der Waals surface area contributed by atoms with Crippen LogP contribution < -0.4 is 37.2 Å². The molecule has 41 heteroatoms. The Morgan fingerprint density at radius 1 is 0.514 bits per heavy atom. The Kier molecular flexibility index (Phi) is 51.1. The second-order valence-electron chi connectivity index (χ2n) is 32.9. The zero-order valence-corrected chi connectivity index (χ0v) is 83.2. The van der Waals surface area contributed by atoms with Gasteiger partial charge < -0.3 is 89.6 Å². The molecule has 2 atom stereocenters. The highest BCUT2D eigenvalue weighted by Gasteiger charge is 2.36. The van der Waals surface area contributed by atoms with Crippen molar-refractivity contribution in [3.63, 3.8) is 0 Å². The average molecular weight is 1990 g/mol. The van der Waals surface area contributed by atoms with Gasteiger partial charge in [-0.1, -0.05) is 102 Å². The van der Waals surface area contributed by atoms with Crippen LogP contribution in [0.5, 0.6) is 0 Å². The third-order valence-corrected chi connectivity index (χ3v) is 22.4. The molecule has 4 fully saturated rings. The van der Waals surface area contributed by atoms with Crippen molar-refractivity contribution < 1.29 is 114 Å². The highest BCUT2D eigenvalue weighted by molar-refractivity contribution is 6.33. The van der Waals surface area contributed by atoms with Crippen molar-refractivity contribution in [2.45, 2.75) is 136 Å². The van der Waals surface area contributed by atoms with Gasteiger partial charge in [0.25, 0.3) is 29.5 Å². The SMILES string of the molecule is COC(=O)/C=C/CNC(=O)C1CCC(=O)N(C2CCCC2)C1.COC(=O)/C=C/CNC(=O)C1CCCN(C(C)=O)C1.COC(=O)/C=C/CNC(=O)c1c(-c2ccccc2Cl)noc1C.COC(=O)/C=C/CNC(=O)c1c2c(nn1C)CCCC2.COC(=O)/C=C/CNC(=O)c1cc(C2CC2)[nH]n1.COC(=O)/C=C/CNC(=O)c1ccc2c(c1)CC(C)=N2.COC(=O)/C=C/CNC(=O)c1cccc(CN(C)C)c1. The molecule has 3 aliphatic heterocycles. The average Bonchev–Trinajstić information content (AvgIpc) is 1.65. The summed E-state index contributed by atoms with van der Waals surface area (Å²) in [7, 11) is 14.8. The number of carbonyl (C=O) groups is 16. The molecule has 0 bridgehead atoms. The minimum atomic E-state index is -0.489. The number of carbonyl (C=O) groups excluding carboxylic acids is 16. The van der Waals surface area contributed by atoms with E-state index in [1.54, 1.807) is 90.3 Å². The quantitative estimate of drug-likeness (QED) is 0.0109. The molecule has 40 nitrogen and oxygen atoms in total. The number of piperidine rings is 2. The molecule has 6 heterocycles. The molecular weight excluding hydrogens is 1860 g/mol. The number of benzene rings is 3. The molecule has 12 rings (SSSR count). The third kappa shape index (κ3) is 41.1. The molecule has 8 N–H and O–H groups in total. The Morgan fingerprint density at radius 3 is 1.49 bits per heavy atom. The maximum Gasteiger partial charge on any atom is 0.330 e. The number of aryl methyl sites for hydroxylation is 3. The second kappa shape index (κ2) is 62.8. The summed E-state index contributed by atoms with van der Waals surface area (Å²) in [6.45, 7) is 9.48. The number of nitrogens with zero attached hydrogens (tertiary/aromatic N) is 8. The predicted molar refractivity (Wildman–Crippen MR) is 526 cm³/mol. The molecule has 2 saturated heterocycles. The van der Waals surface area contributed by atoms with E-state index in [0.717, 1.165) is 123 Å². The number of amides is 9. The van der Waals surface area contributed by atoms with Crippen molar-refractivity contribution in [3.8, 4) is 11.3 Å². The lowest BCUT2D eigenvalue weighted by Gasteiger charge is -2.36. The summed E-state index contributed by atoms with van der Waals surface area (Å²) < 4.78 is 37.9. The number of aromatic amines is 1. The van der Waals surface area contributed by atoms with Gasteiger partial charge in [0.2, 0.25) is 23.6 Å². The molecule has 6 aromatic rings. The van der Waals surface area contributed by atoms with Gasteiger partial charge in [0.1, 0.15) is 28.4 Å². The first kappa shape index (κ1) is 116. The van der Waals surface area contributed by atoms with E-state index in [4.69, 9.17) is 16.1 Å². The molecule has 2 unspecified atom stereocenters. The van der Waals surface area contributed by atoms with E-state index >= 15 is 0 Å². The summed E-state index contributed by atoms with van der Waals surface area (Å²) >= 11 is 6.15. The van der Waals surface area contributed by atoms with Crippen LogP contribution in [-0.2, 0) is 119 Å². The van der Waals surface area contributed by atoms with E-state index in [-0.39, 0.29) is 104 Å². The molecule has 2 saturated carbocycles. The number of esters is 7. The molecule has 0 spiro atoms. The first-order valence-electron chi connectivity index (χ1n) is 46.1. The van der Waals surface area contributed by atoms with Crippen LogP contribution >= 0.6 is 11.6 Å². The zero-order chi connectivity index (χ0) is 104. The van der Waals surface area contributed by atoms with E-state index < -0.39 is 41.8 Å². The lowest BCUT2D eigenvalue weighted by molar-refractivity contribution is -0.141. The number of rotatable bonds is 33. The Labute approximate surface area is 830 Å². The fourth-order valence-electron chi connectivity index (χ4n) is 14.7. The van der Waals surface area contributed by atoms with Gasteiger partial charge in [-0.25, -0.2) is 33.6 Å². The van der Waals surface area contributed by atoms with Crippen LogP contribution in [0.4, 0.5) is 5.69 Å². The van der Waals surface area contributed by atoms with Crippen LogP contribution in [0.3, 0.4) is 0 Å². The van der Waals surface area contributed by atoms with Crippen molar-refractivity contribution in [1.29, 1.82) is 0 Å². The zero-order valence-electron chi connectivity index (χ0n) is 82.5. The minimum Gasteiger partial charge on any atom is -0.466 e. The molecule has 0 radical (unpaired) electrons. The number of H-pyrrole nitrogens is 1. The minimum absolute atomic E-state index is 0.00286. The number of methoxy groups -OCH3 is 7. The fourth-order valence-corrected chi connectivity index (χ4v) is 14.9. The smallest absolute Gasteiger partial charge is 0.330 e. The maximum absolute atomic E-state index is 12.3. The summed E-state index contributed by atoms with van der Waals surface area (Å²) in [5, 5.41) is 34.6. The van der Waals surface area contributed by atoms with Gasteiger partial charge in [-0.15, -0.1) is 0 Å². The van der Waals surface area contributed by atoms with Crippen molar-refractivity contribution in [2.24, 2.45) is 23.9 Å². The first-order valence-corrected chi connectivity index (χ1v) is 46.5. The van der Waals surface area contributed by atoms with Gasteiger partial charge in [-0.3, -0.25) is 57.9 Å². The maximum atomic E-state index is 12.3. The summed E-state index contributed by atoms with van der Waals surface area (Å²) in [4.78, 5) is 194.